The topological polar surface area (TPSA) is 78.9 Å². The van der Waals surface area contributed by atoms with E-state index in [1.807, 2.05) is 0 Å². The van der Waals surface area contributed by atoms with Crippen molar-refractivity contribution in [3.05, 3.63) is 97.2 Å². The number of ether oxygens (including phenoxy) is 3. The van der Waals surface area contributed by atoms with Crippen LogP contribution < -0.4 is 0 Å². The Labute approximate surface area is 464 Å². The third kappa shape index (κ3) is 61.1. The molecule has 1 atom stereocenters. The van der Waals surface area contributed by atoms with Crippen LogP contribution in [0.4, 0.5) is 0 Å². The quantitative estimate of drug-likeness (QED) is 0.0261. The van der Waals surface area contributed by atoms with Crippen molar-refractivity contribution < 1.29 is 28.6 Å². The van der Waals surface area contributed by atoms with E-state index in [1.165, 1.54) is 148 Å². The molecule has 0 aliphatic heterocycles. The van der Waals surface area contributed by atoms with Crippen LogP contribution in [0.25, 0.3) is 0 Å². The average Bonchev–Trinajstić information content (AvgIpc) is 3.41. The van der Waals surface area contributed by atoms with Crippen molar-refractivity contribution in [2.45, 2.75) is 309 Å². The number of carbonyl (C=O) groups excluding carboxylic acids is 3. The van der Waals surface area contributed by atoms with Crippen LogP contribution in [0.5, 0.6) is 0 Å². The molecule has 0 aliphatic carbocycles. The van der Waals surface area contributed by atoms with Gasteiger partial charge in [-0.2, -0.15) is 0 Å². The smallest absolute Gasteiger partial charge is 0.306 e. The van der Waals surface area contributed by atoms with Gasteiger partial charge in [0.2, 0.25) is 0 Å². The van der Waals surface area contributed by atoms with Crippen LogP contribution in [0.15, 0.2) is 97.2 Å². The van der Waals surface area contributed by atoms with Gasteiger partial charge < -0.3 is 14.2 Å². The lowest BCUT2D eigenvalue weighted by Gasteiger charge is -2.18. The van der Waals surface area contributed by atoms with Gasteiger partial charge in [-0.15, -0.1) is 0 Å². The molecule has 0 bridgehead atoms. The van der Waals surface area contributed by atoms with Crippen molar-refractivity contribution in [3.8, 4) is 0 Å². The molecule has 0 rings (SSSR count). The van der Waals surface area contributed by atoms with Gasteiger partial charge in [-0.05, 0) is 96.3 Å². The van der Waals surface area contributed by atoms with Gasteiger partial charge in [-0.25, -0.2) is 0 Å². The van der Waals surface area contributed by atoms with E-state index < -0.39 is 6.10 Å². The number of hydrogen-bond donors (Lipinski definition) is 0. The van der Waals surface area contributed by atoms with Crippen LogP contribution in [-0.4, -0.2) is 37.2 Å². The number of rotatable bonds is 57. The number of esters is 3. The molecule has 0 spiro atoms. The largest absolute Gasteiger partial charge is 0.462 e. The molecule has 0 aromatic heterocycles. The first kappa shape index (κ1) is 71.3. The Hall–Kier alpha value is -3.67. The van der Waals surface area contributed by atoms with Crippen LogP contribution in [0.1, 0.15) is 303 Å². The van der Waals surface area contributed by atoms with Gasteiger partial charge in [0.15, 0.2) is 6.10 Å². The molecule has 0 aromatic carbocycles. The summed E-state index contributed by atoms with van der Waals surface area (Å²) in [5.74, 6) is -0.882. The number of carbonyl (C=O) groups is 3. The van der Waals surface area contributed by atoms with Gasteiger partial charge in [0.1, 0.15) is 13.2 Å². The molecule has 0 saturated carbocycles. The Bertz CT molecular complexity index is 1480. The highest BCUT2D eigenvalue weighted by atomic mass is 16.6. The normalized spacial score (nSPS) is 12.7. The molecule has 0 N–H and O–H groups in total. The van der Waals surface area contributed by atoms with E-state index in [-0.39, 0.29) is 31.1 Å². The van der Waals surface area contributed by atoms with Crippen LogP contribution in [0.3, 0.4) is 0 Å². The fourth-order valence-corrected chi connectivity index (χ4v) is 8.90. The number of allylic oxidation sites excluding steroid dienone is 16. The highest BCUT2D eigenvalue weighted by Crippen LogP contribution is 2.16. The monoisotopic (exact) mass is 1040 g/mol. The third-order valence-corrected chi connectivity index (χ3v) is 13.6. The number of unbranched alkanes of at least 4 members (excludes halogenated alkanes) is 30. The maximum Gasteiger partial charge on any atom is 0.306 e. The van der Waals surface area contributed by atoms with Gasteiger partial charge in [-0.3, -0.25) is 14.4 Å². The highest BCUT2D eigenvalue weighted by molar-refractivity contribution is 5.71. The van der Waals surface area contributed by atoms with E-state index in [4.69, 9.17) is 14.2 Å². The van der Waals surface area contributed by atoms with E-state index in [1.54, 1.807) is 0 Å². The van der Waals surface area contributed by atoms with Crippen molar-refractivity contribution in [1.82, 2.24) is 0 Å². The summed E-state index contributed by atoms with van der Waals surface area (Å²) in [4.78, 5) is 38.1. The van der Waals surface area contributed by atoms with Gasteiger partial charge in [0.05, 0.1) is 0 Å². The first-order valence-corrected chi connectivity index (χ1v) is 31.7. The summed E-state index contributed by atoms with van der Waals surface area (Å²) in [5, 5.41) is 0. The standard InChI is InChI=1S/C69H118O6/c1-4-7-10-13-16-19-21-23-25-27-28-29-30-31-32-33-34-35-36-37-38-39-40-42-43-45-47-50-53-56-59-62-68(71)74-65-66(64-73-67(70)61-58-55-52-49-18-15-12-9-6-3)75-69(72)63-60-57-54-51-48-46-44-41-26-24-22-20-17-14-11-8-5-2/h7-8,10-11,16-17,19-20,23-26,28-29,31-32,66H,4-6,9,12-15,18,21-22,27,30,33-65H2,1-3H3/b10-7-,11-8-,19-16-,20-17-,25-23-,26-24-,29-28-,32-31-. The Kier molecular flexibility index (Phi) is 59.8. The van der Waals surface area contributed by atoms with Crippen LogP contribution in [0.2, 0.25) is 0 Å². The predicted octanol–water partition coefficient (Wildman–Crippen LogP) is 21.7. The second-order valence-electron chi connectivity index (χ2n) is 20.9. The molecular weight excluding hydrogens is 925 g/mol. The lowest BCUT2D eigenvalue weighted by atomic mass is 10.0. The SMILES string of the molecule is CC/C=C\C/C=C\C/C=C\C/C=C\C/C=C\CCCCCCCCCCCCCCCCCC(=O)OCC(COC(=O)CCCCCCCCCCC)OC(=O)CCCCCCCCC/C=C\C/C=C\C/C=C\CC. The predicted molar refractivity (Wildman–Crippen MR) is 325 cm³/mol. The molecule has 0 aliphatic rings. The van der Waals surface area contributed by atoms with Crippen molar-refractivity contribution in [3.63, 3.8) is 0 Å². The third-order valence-electron chi connectivity index (χ3n) is 13.6. The lowest BCUT2D eigenvalue weighted by Crippen LogP contribution is -2.30. The van der Waals surface area contributed by atoms with Gasteiger partial charge in [-0.1, -0.05) is 285 Å². The van der Waals surface area contributed by atoms with Gasteiger partial charge in [0.25, 0.3) is 0 Å². The number of hydrogen-bond acceptors (Lipinski definition) is 6. The molecule has 0 heterocycles. The zero-order valence-electron chi connectivity index (χ0n) is 49.3. The van der Waals surface area contributed by atoms with Crippen LogP contribution in [-0.2, 0) is 28.6 Å². The van der Waals surface area contributed by atoms with Gasteiger partial charge >= 0.3 is 17.9 Å². The van der Waals surface area contributed by atoms with Crippen LogP contribution in [0, 0.1) is 0 Å². The highest BCUT2D eigenvalue weighted by Gasteiger charge is 2.19. The summed E-state index contributed by atoms with van der Waals surface area (Å²) in [6.45, 7) is 6.41. The summed E-state index contributed by atoms with van der Waals surface area (Å²) in [6.07, 6.45) is 84.3. The van der Waals surface area contributed by atoms with E-state index in [2.05, 4.69) is 118 Å². The fraction of sp³-hybridized carbons (Fsp3) is 0.725. The minimum Gasteiger partial charge on any atom is -0.462 e. The summed E-state index contributed by atoms with van der Waals surface area (Å²) in [6, 6.07) is 0. The molecule has 0 saturated heterocycles. The molecule has 0 aromatic rings. The molecule has 0 amide bonds. The molecule has 1 unspecified atom stereocenters. The molecule has 75 heavy (non-hydrogen) atoms. The Morgan fingerprint density at radius 3 is 0.813 bits per heavy atom. The van der Waals surface area contributed by atoms with Gasteiger partial charge in [0, 0.05) is 19.3 Å². The minimum absolute atomic E-state index is 0.0781. The average molecular weight is 1040 g/mol. The van der Waals surface area contributed by atoms with E-state index in [0.29, 0.717) is 19.3 Å². The fourth-order valence-electron chi connectivity index (χ4n) is 8.90. The second-order valence-corrected chi connectivity index (χ2v) is 20.9. The molecule has 6 nitrogen and oxygen atoms in total. The van der Waals surface area contributed by atoms with E-state index in [9.17, 15) is 14.4 Å². The summed E-state index contributed by atoms with van der Waals surface area (Å²) >= 11 is 0. The van der Waals surface area contributed by atoms with Crippen molar-refractivity contribution in [2.24, 2.45) is 0 Å². The summed E-state index contributed by atoms with van der Waals surface area (Å²) in [5.41, 5.74) is 0. The van der Waals surface area contributed by atoms with Crippen LogP contribution >= 0.6 is 0 Å². The van der Waals surface area contributed by atoms with Crippen molar-refractivity contribution in [1.29, 1.82) is 0 Å². The molecule has 6 heteroatoms. The second kappa shape index (κ2) is 62.9. The molecular formula is C69H118O6. The first-order valence-electron chi connectivity index (χ1n) is 31.7. The molecule has 430 valence electrons. The maximum atomic E-state index is 12.9. The van der Waals surface area contributed by atoms with E-state index in [0.717, 1.165) is 116 Å². The maximum absolute atomic E-state index is 12.9. The molecule has 0 radical (unpaired) electrons. The Morgan fingerprint density at radius 2 is 0.520 bits per heavy atom. The Balaban J connectivity index is 4.13. The lowest BCUT2D eigenvalue weighted by molar-refractivity contribution is -0.167. The zero-order chi connectivity index (χ0) is 54.3. The van der Waals surface area contributed by atoms with E-state index >= 15 is 0 Å². The van der Waals surface area contributed by atoms with Crippen molar-refractivity contribution in [2.75, 3.05) is 13.2 Å². The minimum atomic E-state index is -0.780. The summed E-state index contributed by atoms with van der Waals surface area (Å²) < 4.78 is 16.9. The molecule has 0 fully saturated rings. The first-order chi connectivity index (χ1) is 37.0. The van der Waals surface area contributed by atoms with Crippen molar-refractivity contribution >= 4 is 17.9 Å². The zero-order valence-corrected chi connectivity index (χ0v) is 49.3. The summed E-state index contributed by atoms with van der Waals surface area (Å²) in [7, 11) is 0. The Morgan fingerprint density at radius 1 is 0.280 bits per heavy atom.